The predicted molar refractivity (Wildman–Crippen MR) is 83.4 cm³/mol. The van der Waals surface area contributed by atoms with Crippen LogP contribution in [0.25, 0.3) is 0 Å². The molecule has 27 heavy (non-hydrogen) atoms. The number of amides is 1. The van der Waals surface area contributed by atoms with Crippen molar-refractivity contribution in [1.29, 1.82) is 0 Å². The molecule has 2 aromatic rings. The third-order valence-corrected chi connectivity index (χ3v) is 3.25. The molecule has 0 saturated carbocycles. The quantitative estimate of drug-likeness (QED) is 0.454. The van der Waals surface area contributed by atoms with Crippen molar-refractivity contribution in [2.24, 2.45) is 0 Å². The van der Waals surface area contributed by atoms with Gasteiger partial charge in [-0.25, -0.2) is 13.6 Å². The third kappa shape index (κ3) is 6.10. The molecular weight excluding hydrogens is 401 g/mol. The van der Waals surface area contributed by atoms with Crippen molar-refractivity contribution in [3.05, 3.63) is 58.6 Å². The van der Waals surface area contributed by atoms with Crippen LogP contribution in [0, 0.1) is 11.6 Å². The van der Waals surface area contributed by atoms with Crippen molar-refractivity contribution in [3.63, 3.8) is 0 Å². The van der Waals surface area contributed by atoms with Crippen LogP contribution in [0.15, 0.2) is 36.4 Å². The van der Waals surface area contributed by atoms with Gasteiger partial charge in [-0.2, -0.15) is 0 Å². The number of carbonyl (C=O) groups excluding carboxylic acids is 2. The molecule has 0 unspecified atom stereocenters. The van der Waals surface area contributed by atoms with Crippen molar-refractivity contribution in [1.82, 2.24) is 0 Å². The zero-order valence-corrected chi connectivity index (χ0v) is 13.8. The summed E-state index contributed by atoms with van der Waals surface area (Å²) in [6.45, 7) is -0.797. The number of hydrogen-bond acceptors (Lipinski definition) is 4. The molecule has 0 aliphatic carbocycles. The molecule has 2 aromatic carbocycles. The van der Waals surface area contributed by atoms with E-state index in [0.29, 0.717) is 12.1 Å². The molecule has 0 spiro atoms. The maximum Gasteiger partial charge on any atom is 0.573 e. The topological polar surface area (TPSA) is 64.6 Å². The Kier molecular flexibility index (Phi) is 6.21. The second-order valence-corrected chi connectivity index (χ2v) is 5.35. The van der Waals surface area contributed by atoms with Crippen LogP contribution >= 0.6 is 11.6 Å². The van der Waals surface area contributed by atoms with Gasteiger partial charge in [-0.1, -0.05) is 11.6 Å². The minimum absolute atomic E-state index is 0.108. The van der Waals surface area contributed by atoms with Crippen LogP contribution in [0.2, 0.25) is 5.02 Å². The van der Waals surface area contributed by atoms with Gasteiger partial charge in [-0.15, -0.1) is 13.2 Å². The van der Waals surface area contributed by atoms with E-state index in [4.69, 9.17) is 11.6 Å². The summed E-state index contributed by atoms with van der Waals surface area (Å²) in [6.07, 6.45) is -4.85. The first kappa shape index (κ1) is 20.4. The van der Waals surface area contributed by atoms with Crippen LogP contribution in [-0.2, 0) is 9.53 Å². The number of anilines is 1. The van der Waals surface area contributed by atoms with Crippen LogP contribution in [0.4, 0.5) is 27.6 Å². The van der Waals surface area contributed by atoms with Crippen molar-refractivity contribution in [2.45, 2.75) is 6.36 Å². The van der Waals surface area contributed by atoms with Crippen LogP contribution in [0.5, 0.6) is 5.75 Å². The van der Waals surface area contributed by atoms with E-state index in [9.17, 15) is 31.5 Å². The number of ether oxygens (including phenoxy) is 2. The maximum absolute atomic E-state index is 13.1. The molecule has 2 rings (SSSR count). The Labute approximate surface area is 153 Å². The van der Waals surface area contributed by atoms with E-state index in [1.54, 1.807) is 0 Å². The van der Waals surface area contributed by atoms with E-state index in [0.717, 1.165) is 24.3 Å². The fourth-order valence-corrected chi connectivity index (χ4v) is 2.05. The third-order valence-electron chi connectivity index (χ3n) is 2.94. The largest absolute Gasteiger partial charge is 0.573 e. The zero-order valence-electron chi connectivity index (χ0n) is 13.1. The Morgan fingerprint density at radius 3 is 2.22 bits per heavy atom. The van der Waals surface area contributed by atoms with Gasteiger partial charge in [0.25, 0.3) is 5.91 Å². The average Bonchev–Trinajstić information content (AvgIpc) is 2.56. The number of nitrogens with one attached hydrogen (secondary N) is 1. The number of carbonyl (C=O) groups is 2. The lowest BCUT2D eigenvalue weighted by molar-refractivity contribution is -0.274. The van der Waals surface area contributed by atoms with Gasteiger partial charge in [0.1, 0.15) is 5.75 Å². The highest BCUT2D eigenvalue weighted by atomic mass is 35.5. The first-order valence-electron chi connectivity index (χ1n) is 7.02. The Hall–Kier alpha value is -2.88. The number of hydrogen-bond donors (Lipinski definition) is 1. The molecule has 5 nitrogen and oxygen atoms in total. The van der Waals surface area contributed by atoms with Crippen LogP contribution in [0.3, 0.4) is 0 Å². The summed E-state index contributed by atoms with van der Waals surface area (Å²) in [4.78, 5) is 23.5. The first-order chi connectivity index (χ1) is 12.5. The molecule has 1 N–H and O–H groups in total. The fraction of sp³-hybridized carbons (Fsp3) is 0.125. The summed E-state index contributed by atoms with van der Waals surface area (Å²) in [7, 11) is 0. The molecule has 144 valence electrons. The molecule has 0 saturated heterocycles. The number of halogens is 6. The highest BCUT2D eigenvalue weighted by molar-refractivity contribution is 6.33. The Morgan fingerprint density at radius 1 is 1.04 bits per heavy atom. The predicted octanol–water partition coefficient (Wildman–Crippen LogP) is 4.31. The summed E-state index contributed by atoms with van der Waals surface area (Å²) in [6, 6.07) is 5.31. The van der Waals surface area contributed by atoms with E-state index in [1.165, 1.54) is 0 Å². The fourth-order valence-electron chi connectivity index (χ4n) is 1.82. The van der Waals surface area contributed by atoms with Crippen LogP contribution in [0.1, 0.15) is 10.4 Å². The van der Waals surface area contributed by atoms with Gasteiger partial charge in [0.05, 0.1) is 10.6 Å². The molecule has 1 amide bonds. The van der Waals surface area contributed by atoms with E-state index in [1.807, 2.05) is 0 Å². The molecule has 0 aliphatic heterocycles. The Balaban J connectivity index is 1.91. The second-order valence-electron chi connectivity index (χ2n) is 4.94. The van der Waals surface area contributed by atoms with Gasteiger partial charge in [-0.3, -0.25) is 4.79 Å². The Bertz CT molecular complexity index is 855. The number of benzene rings is 2. The molecule has 0 fully saturated rings. The van der Waals surface area contributed by atoms with Gasteiger partial charge < -0.3 is 14.8 Å². The summed E-state index contributed by atoms with van der Waals surface area (Å²) >= 11 is 5.60. The van der Waals surface area contributed by atoms with Gasteiger partial charge >= 0.3 is 12.3 Å². The normalized spacial score (nSPS) is 11.0. The summed E-state index contributed by atoms with van der Waals surface area (Å²) in [5, 5.41) is 1.85. The van der Waals surface area contributed by atoms with E-state index >= 15 is 0 Å². The SMILES string of the molecule is O=C(COC(=O)c1cc(F)c(F)cc1Cl)Nc1ccc(OC(F)(F)F)cc1. The van der Waals surface area contributed by atoms with Gasteiger partial charge in [0.15, 0.2) is 18.2 Å². The minimum Gasteiger partial charge on any atom is -0.452 e. The lowest BCUT2D eigenvalue weighted by atomic mass is 10.2. The smallest absolute Gasteiger partial charge is 0.452 e. The van der Waals surface area contributed by atoms with Crippen molar-refractivity contribution >= 4 is 29.2 Å². The molecular formula is C16H9ClF5NO4. The average molecular weight is 410 g/mol. The second kappa shape index (κ2) is 8.21. The van der Waals surface area contributed by atoms with E-state index in [2.05, 4.69) is 14.8 Å². The number of rotatable bonds is 5. The minimum atomic E-state index is -4.85. The van der Waals surface area contributed by atoms with Gasteiger partial charge in [-0.05, 0) is 36.4 Å². The molecule has 0 aliphatic rings. The summed E-state index contributed by atoms with van der Waals surface area (Å²) < 4.78 is 70.5. The molecule has 0 atom stereocenters. The lowest BCUT2D eigenvalue weighted by Crippen LogP contribution is -2.21. The van der Waals surface area contributed by atoms with Crippen molar-refractivity contribution in [2.75, 3.05) is 11.9 Å². The summed E-state index contributed by atoms with van der Waals surface area (Å²) in [5.74, 6) is -5.06. The standard InChI is InChI=1S/C16H9ClF5NO4/c17-11-6-13(19)12(18)5-10(11)15(25)26-7-14(24)23-8-1-3-9(4-2-8)27-16(20,21)22/h1-6H,7H2,(H,23,24). The summed E-state index contributed by atoms with van der Waals surface area (Å²) in [5.41, 5.74) is -0.367. The molecule has 0 bridgehead atoms. The molecule has 0 aromatic heterocycles. The molecule has 0 heterocycles. The first-order valence-corrected chi connectivity index (χ1v) is 7.40. The maximum atomic E-state index is 13.1. The van der Waals surface area contributed by atoms with E-state index < -0.39 is 52.8 Å². The van der Waals surface area contributed by atoms with E-state index in [-0.39, 0.29) is 5.69 Å². The molecule has 0 radical (unpaired) electrons. The highest BCUT2D eigenvalue weighted by Crippen LogP contribution is 2.24. The molecule has 11 heteroatoms. The Morgan fingerprint density at radius 2 is 1.63 bits per heavy atom. The lowest BCUT2D eigenvalue weighted by Gasteiger charge is -2.10. The monoisotopic (exact) mass is 409 g/mol. The van der Waals surface area contributed by atoms with Crippen LogP contribution < -0.4 is 10.1 Å². The van der Waals surface area contributed by atoms with Gasteiger partial charge in [0, 0.05) is 5.69 Å². The number of esters is 1. The van der Waals surface area contributed by atoms with Crippen LogP contribution in [-0.4, -0.2) is 24.8 Å². The van der Waals surface area contributed by atoms with Gasteiger partial charge in [0.2, 0.25) is 0 Å². The highest BCUT2D eigenvalue weighted by Gasteiger charge is 2.31. The zero-order chi connectivity index (χ0) is 20.2. The van der Waals surface area contributed by atoms with Crippen molar-refractivity contribution < 1.29 is 41.0 Å². The van der Waals surface area contributed by atoms with Crippen molar-refractivity contribution in [3.8, 4) is 5.75 Å². The number of alkyl halides is 3.